The number of carbonyl (C=O) groups is 1. The van der Waals surface area contributed by atoms with Crippen LogP contribution in [0.5, 0.6) is 0 Å². The summed E-state index contributed by atoms with van der Waals surface area (Å²) in [5, 5.41) is 8.85. The molecule has 2 rings (SSSR count). The van der Waals surface area contributed by atoms with Crippen molar-refractivity contribution in [3.63, 3.8) is 0 Å². The molecule has 0 aliphatic carbocycles. The number of carbonyl (C=O) groups excluding carboxylic acids is 1. The minimum atomic E-state index is 0.101. The molecule has 0 unspecified atom stereocenters. The van der Waals surface area contributed by atoms with Gasteiger partial charge >= 0.3 is 0 Å². The molecule has 0 aliphatic rings. The van der Waals surface area contributed by atoms with E-state index in [2.05, 4.69) is 26.6 Å². The third kappa shape index (κ3) is 4.36. The number of aromatic amines is 1. The second-order valence-electron chi connectivity index (χ2n) is 4.16. The summed E-state index contributed by atoms with van der Waals surface area (Å²) >= 11 is 3.35. The molecule has 0 spiro atoms. The third-order valence-electron chi connectivity index (χ3n) is 2.50. The molecule has 102 valence electrons. The summed E-state index contributed by atoms with van der Waals surface area (Å²) < 4.78 is 0. The molecule has 2 aromatic rings. The van der Waals surface area contributed by atoms with Crippen LogP contribution in [0.25, 0.3) is 0 Å². The molecule has 19 heavy (non-hydrogen) atoms. The lowest BCUT2D eigenvalue weighted by Crippen LogP contribution is -2.28. The van der Waals surface area contributed by atoms with E-state index in [1.807, 2.05) is 13.0 Å². The van der Waals surface area contributed by atoms with E-state index in [1.54, 1.807) is 35.0 Å². The maximum absolute atomic E-state index is 11.9. The number of amides is 1. The Labute approximate surface area is 120 Å². The molecule has 5 nitrogen and oxygen atoms in total. The average Bonchev–Trinajstić information content (AvgIpc) is 3.01. The van der Waals surface area contributed by atoms with E-state index in [4.69, 9.17) is 0 Å². The molecule has 2 heterocycles. The van der Waals surface area contributed by atoms with Crippen LogP contribution in [0.4, 0.5) is 0 Å². The van der Waals surface area contributed by atoms with Crippen LogP contribution in [0.15, 0.2) is 17.5 Å². The maximum atomic E-state index is 11.9. The molecular weight excluding hydrogens is 280 g/mol. The summed E-state index contributed by atoms with van der Waals surface area (Å²) in [5.74, 6) is 2.89. The predicted molar refractivity (Wildman–Crippen MR) is 78.1 cm³/mol. The lowest BCUT2D eigenvalue weighted by Gasteiger charge is -2.14. The first-order valence-electron chi connectivity index (χ1n) is 5.87. The van der Waals surface area contributed by atoms with E-state index < -0.39 is 0 Å². The number of H-pyrrole nitrogens is 1. The molecule has 0 aromatic carbocycles. The fraction of sp³-hybridized carbons (Fsp3) is 0.417. The number of nitrogens with one attached hydrogen (secondary N) is 1. The van der Waals surface area contributed by atoms with Crippen molar-refractivity contribution in [2.75, 3.05) is 12.8 Å². The summed E-state index contributed by atoms with van der Waals surface area (Å²) in [5.41, 5.74) is 0. The van der Waals surface area contributed by atoms with E-state index in [9.17, 15) is 4.79 Å². The van der Waals surface area contributed by atoms with Crippen LogP contribution in [0, 0.1) is 6.92 Å². The lowest BCUT2D eigenvalue weighted by molar-refractivity contribution is -0.127. The number of aromatic nitrogens is 3. The van der Waals surface area contributed by atoms with Crippen molar-refractivity contribution in [1.82, 2.24) is 20.1 Å². The predicted octanol–water partition coefficient (Wildman–Crippen LogP) is 2.07. The van der Waals surface area contributed by atoms with Crippen molar-refractivity contribution in [2.45, 2.75) is 19.2 Å². The molecule has 0 radical (unpaired) electrons. The van der Waals surface area contributed by atoms with E-state index in [0.29, 0.717) is 18.1 Å². The molecule has 0 bridgehead atoms. The molecule has 0 aliphatic heterocycles. The highest BCUT2D eigenvalue weighted by molar-refractivity contribution is 7.99. The van der Waals surface area contributed by atoms with Gasteiger partial charge in [-0.15, -0.1) is 23.1 Å². The van der Waals surface area contributed by atoms with Gasteiger partial charge in [0.25, 0.3) is 0 Å². The number of aryl methyl sites for hydroxylation is 1. The van der Waals surface area contributed by atoms with E-state index in [0.717, 1.165) is 11.6 Å². The highest BCUT2D eigenvalue weighted by Crippen LogP contribution is 2.17. The van der Waals surface area contributed by atoms with Gasteiger partial charge in [0.1, 0.15) is 5.82 Å². The molecule has 2 aromatic heterocycles. The minimum absolute atomic E-state index is 0.101. The molecule has 1 amide bonds. The van der Waals surface area contributed by atoms with Gasteiger partial charge in [0.05, 0.1) is 12.3 Å². The Balaban J connectivity index is 1.73. The lowest BCUT2D eigenvalue weighted by atomic mass is 10.5. The van der Waals surface area contributed by atoms with Crippen LogP contribution in [-0.4, -0.2) is 38.8 Å². The molecule has 7 heteroatoms. The number of hydrogen-bond donors (Lipinski definition) is 1. The van der Waals surface area contributed by atoms with Gasteiger partial charge in [-0.25, -0.2) is 4.98 Å². The van der Waals surface area contributed by atoms with Crippen molar-refractivity contribution >= 4 is 29.0 Å². The Morgan fingerprint density at radius 1 is 1.58 bits per heavy atom. The van der Waals surface area contributed by atoms with Crippen LogP contribution in [0.3, 0.4) is 0 Å². The van der Waals surface area contributed by atoms with Crippen molar-refractivity contribution in [2.24, 2.45) is 0 Å². The van der Waals surface area contributed by atoms with E-state index >= 15 is 0 Å². The first-order chi connectivity index (χ1) is 9.15. The molecular formula is C12H16N4OS2. The smallest absolute Gasteiger partial charge is 0.232 e. The normalized spacial score (nSPS) is 10.6. The van der Waals surface area contributed by atoms with Crippen molar-refractivity contribution < 1.29 is 4.79 Å². The number of hydrogen-bond acceptors (Lipinski definition) is 5. The first-order valence-corrected chi connectivity index (χ1v) is 7.90. The highest BCUT2D eigenvalue weighted by Gasteiger charge is 2.11. The number of nitrogens with zero attached hydrogens (tertiary/aromatic N) is 3. The molecule has 0 fully saturated rings. The highest BCUT2D eigenvalue weighted by atomic mass is 32.2. The molecule has 1 N–H and O–H groups in total. The Morgan fingerprint density at radius 2 is 2.42 bits per heavy atom. The molecule has 0 saturated heterocycles. The summed E-state index contributed by atoms with van der Waals surface area (Å²) in [6.45, 7) is 2.29. The second kappa shape index (κ2) is 6.72. The zero-order valence-corrected chi connectivity index (χ0v) is 12.6. The van der Waals surface area contributed by atoms with Gasteiger partial charge in [-0.3, -0.25) is 9.89 Å². The van der Waals surface area contributed by atoms with Crippen molar-refractivity contribution in [3.8, 4) is 0 Å². The second-order valence-corrected chi connectivity index (χ2v) is 6.18. The van der Waals surface area contributed by atoms with Gasteiger partial charge in [0, 0.05) is 17.7 Å². The number of thioether (sulfide) groups is 1. The van der Waals surface area contributed by atoms with Crippen molar-refractivity contribution in [1.29, 1.82) is 0 Å². The van der Waals surface area contributed by atoms with Crippen LogP contribution in [-0.2, 0) is 17.1 Å². The van der Waals surface area contributed by atoms with Gasteiger partial charge in [-0.05, 0) is 18.4 Å². The molecule has 0 atom stereocenters. The largest absolute Gasteiger partial charge is 0.337 e. The summed E-state index contributed by atoms with van der Waals surface area (Å²) in [6, 6.07) is 4.11. The monoisotopic (exact) mass is 296 g/mol. The maximum Gasteiger partial charge on any atom is 0.232 e. The van der Waals surface area contributed by atoms with Crippen LogP contribution in [0.2, 0.25) is 0 Å². The van der Waals surface area contributed by atoms with Gasteiger partial charge in [-0.1, -0.05) is 6.07 Å². The fourth-order valence-corrected chi connectivity index (χ4v) is 3.31. The Kier molecular flexibility index (Phi) is 4.98. The third-order valence-corrected chi connectivity index (χ3v) is 4.52. The quantitative estimate of drug-likeness (QED) is 0.886. The Morgan fingerprint density at radius 3 is 3.05 bits per heavy atom. The first kappa shape index (κ1) is 14.1. The zero-order chi connectivity index (χ0) is 13.7. The summed E-state index contributed by atoms with van der Waals surface area (Å²) in [6.07, 6.45) is 0. The van der Waals surface area contributed by atoms with Crippen LogP contribution >= 0.6 is 23.1 Å². The van der Waals surface area contributed by atoms with Crippen LogP contribution < -0.4 is 0 Å². The number of thiophene rings is 1. The van der Waals surface area contributed by atoms with Crippen molar-refractivity contribution in [3.05, 3.63) is 34.0 Å². The van der Waals surface area contributed by atoms with E-state index in [-0.39, 0.29) is 5.91 Å². The minimum Gasteiger partial charge on any atom is -0.337 e. The topological polar surface area (TPSA) is 61.9 Å². The Hall–Kier alpha value is -1.34. The van der Waals surface area contributed by atoms with E-state index in [1.165, 1.54) is 4.88 Å². The summed E-state index contributed by atoms with van der Waals surface area (Å²) in [7, 11) is 1.78. The zero-order valence-electron chi connectivity index (χ0n) is 10.9. The van der Waals surface area contributed by atoms with Gasteiger partial charge < -0.3 is 4.90 Å². The van der Waals surface area contributed by atoms with Gasteiger partial charge in [-0.2, -0.15) is 5.10 Å². The van der Waals surface area contributed by atoms with Gasteiger partial charge in [0.15, 0.2) is 5.82 Å². The van der Waals surface area contributed by atoms with Gasteiger partial charge in [0.2, 0.25) is 5.91 Å². The molecule has 0 saturated carbocycles. The Bertz CT molecular complexity index is 524. The fourth-order valence-electron chi connectivity index (χ4n) is 1.50. The SMILES string of the molecule is Cc1nc(CN(C)C(=O)CSCc2cccs2)n[nH]1. The summed E-state index contributed by atoms with van der Waals surface area (Å²) in [4.78, 5) is 19.1. The number of rotatable bonds is 6. The van der Waals surface area contributed by atoms with Crippen LogP contribution in [0.1, 0.15) is 16.5 Å². The average molecular weight is 296 g/mol. The standard InChI is InChI=1S/C12H16N4OS2/c1-9-13-11(15-14-9)6-16(2)12(17)8-18-7-10-4-3-5-19-10/h3-5H,6-8H2,1-2H3,(H,13,14,15).